The second-order valence-corrected chi connectivity index (χ2v) is 5.57. The Morgan fingerprint density at radius 3 is 2.85 bits per heavy atom. The molecule has 4 aromatic rings. The maximum atomic E-state index is 13.9. The SMILES string of the molecule is CC(=O)c1cccc(-c2nc(Nc3ccncc3F)c3cccn3n2)n1. The number of aromatic nitrogens is 5. The molecule has 0 radical (unpaired) electrons. The highest BCUT2D eigenvalue weighted by Gasteiger charge is 2.13. The summed E-state index contributed by atoms with van der Waals surface area (Å²) in [6, 6.07) is 10.2. The van der Waals surface area contributed by atoms with Crippen molar-refractivity contribution in [3.63, 3.8) is 0 Å². The largest absolute Gasteiger partial charge is 0.336 e. The maximum absolute atomic E-state index is 13.9. The van der Waals surface area contributed by atoms with Crippen molar-refractivity contribution in [2.45, 2.75) is 6.92 Å². The zero-order chi connectivity index (χ0) is 18.1. The highest BCUT2D eigenvalue weighted by molar-refractivity contribution is 5.92. The number of nitrogens with zero attached hydrogens (tertiary/aromatic N) is 5. The van der Waals surface area contributed by atoms with E-state index in [0.29, 0.717) is 28.5 Å². The van der Waals surface area contributed by atoms with E-state index in [2.05, 4.69) is 25.4 Å². The van der Waals surface area contributed by atoms with E-state index in [4.69, 9.17) is 0 Å². The average molecular weight is 348 g/mol. The molecule has 1 N–H and O–H groups in total. The lowest BCUT2D eigenvalue weighted by Gasteiger charge is -2.10. The lowest BCUT2D eigenvalue weighted by Crippen LogP contribution is -2.06. The Hall–Kier alpha value is -3.68. The topological polar surface area (TPSA) is 85.1 Å². The number of Topliss-reactive ketones (excluding diaryl/α,β-unsaturated/α-hetero) is 1. The van der Waals surface area contributed by atoms with E-state index >= 15 is 0 Å². The molecule has 0 aliphatic carbocycles. The first-order valence-electron chi connectivity index (χ1n) is 7.82. The highest BCUT2D eigenvalue weighted by Crippen LogP contribution is 2.24. The van der Waals surface area contributed by atoms with Gasteiger partial charge in [0.2, 0.25) is 5.82 Å². The van der Waals surface area contributed by atoms with Gasteiger partial charge in [0.05, 0.1) is 11.9 Å². The van der Waals surface area contributed by atoms with Gasteiger partial charge < -0.3 is 5.32 Å². The van der Waals surface area contributed by atoms with Crippen LogP contribution in [0.2, 0.25) is 0 Å². The molecule has 0 aliphatic heterocycles. The number of rotatable bonds is 4. The summed E-state index contributed by atoms with van der Waals surface area (Å²) in [5.41, 5.74) is 1.70. The van der Waals surface area contributed by atoms with Crippen molar-refractivity contribution < 1.29 is 9.18 Å². The zero-order valence-electron chi connectivity index (χ0n) is 13.7. The van der Waals surface area contributed by atoms with E-state index in [1.54, 1.807) is 35.0 Å². The number of fused-ring (bicyclic) bond motifs is 1. The number of hydrogen-bond acceptors (Lipinski definition) is 6. The molecule has 4 aromatic heterocycles. The molecule has 0 unspecified atom stereocenters. The van der Waals surface area contributed by atoms with Crippen LogP contribution in [-0.4, -0.2) is 30.3 Å². The van der Waals surface area contributed by atoms with Gasteiger partial charge in [-0.15, -0.1) is 5.10 Å². The van der Waals surface area contributed by atoms with Crippen LogP contribution in [0.3, 0.4) is 0 Å². The van der Waals surface area contributed by atoms with Gasteiger partial charge in [0.15, 0.2) is 17.4 Å². The molecule has 26 heavy (non-hydrogen) atoms. The van der Waals surface area contributed by atoms with Crippen molar-refractivity contribution in [3.8, 4) is 11.5 Å². The monoisotopic (exact) mass is 348 g/mol. The number of pyridine rings is 2. The third kappa shape index (κ3) is 2.88. The van der Waals surface area contributed by atoms with Gasteiger partial charge in [0, 0.05) is 19.3 Å². The van der Waals surface area contributed by atoms with Crippen LogP contribution in [0, 0.1) is 5.82 Å². The minimum absolute atomic E-state index is 0.147. The van der Waals surface area contributed by atoms with Crippen LogP contribution in [-0.2, 0) is 0 Å². The van der Waals surface area contributed by atoms with Crippen LogP contribution in [0.15, 0.2) is 55.0 Å². The molecule has 8 heteroatoms. The van der Waals surface area contributed by atoms with E-state index in [0.717, 1.165) is 6.20 Å². The Morgan fingerprint density at radius 1 is 1.15 bits per heavy atom. The van der Waals surface area contributed by atoms with Gasteiger partial charge in [0.1, 0.15) is 16.9 Å². The molecule has 0 spiro atoms. The fraction of sp³-hybridized carbons (Fsp3) is 0.0556. The fourth-order valence-electron chi connectivity index (χ4n) is 2.49. The molecule has 0 saturated carbocycles. The maximum Gasteiger partial charge on any atom is 0.200 e. The molecular weight excluding hydrogens is 335 g/mol. The van der Waals surface area contributed by atoms with Crippen LogP contribution >= 0.6 is 0 Å². The molecule has 0 saturated heterocycles. The molecule has 0 aromatic carbocycles. The Balaban J connectivity index is 1.84. The quantitative estimate of drug-likeness (QED) is 0.570. The number of ketones is 1. The van der Waals surface area contributed by atoms with E-state index in [1.807, 2.05) is 6.07 Å². The molecule has 7 nitrogen and oxygen atoms in total. The summed E-state index contributed by atoms with van der Waals surface area (Å²) in [5, 5.41) is 7.38. The van der Waals surface area contributed by atoms with Crippen molar-refractivity contribution >= 4 is 22.8 Å². The predicted molar refractivity (Wildman–Crippen MR) is 93.7 cm³/mol. The summed E-state index contributed by atoms with van der Waals surface area (Å²) < 4.78 is 15.6. The highest BCUT2D eigenvalue weighted by atomic mass is 19.1. The number of hydrogen-bond donors (Lipinski definition) is 1. The molecule has 0 aliphatic rings. The van der Waals surface area contributed by atoms with Crippen LogP contribution in [0.25, 0.3) is 17.0 Å². The van der Waals surface area contributed by atoms with Gasteiger partial charge in [-0.25, -0.2) is 18.9 Å². The lowest BCUT2D eigenvalue weighted by atomic mass is 10.2. The molecule has 0 bridgehead atoms. The van der Waals surface area contributed by atoms with Crippen molar-refractivity contribution in [2.24, 2.45) is 0 Å². The Bertz CT molecular complexity index is 1120. The summed E-state index contributed by atoms with van der Waals surface area (Å²) in [7, 11) is 0. The van der Waals surface area contributed by atoms with Crippen LogP contribution in [0.4, 0.5) is 15.9 Å². The minimum Gasteiger partial charge on any atom is -0.336 e. The van der Waals surface area contributed by atoms with Crippen molar-refractivity contribution in [1.82, 2.24) is 24.6 Å². The third-order valence-electron chi connectivity index (χ3n) is 3.76. The molecule has 0 amide bonds. The number of nitrogens with one attached hydrogen (secondary N) is 1. The zero-order valence-corrected chi connectivity index (χ0v) is 13.7. The van der Waals surface area contributed by atoms with Crippen molar-refractivity contribution in [3.05, 3.63) is 66.5 Å². The molecule has 0 atom stereocenters. The number of carbonyl (C=O) groups is 1. The predicted octanol–water partition coefficient (Wildman–Crippen LogP) is 3.27. The minimum atomic E-state index is -0.492. The summed E-state index contributed by atoms with van der Waals surface area (Å²) in [5.74, 6) is 0.0917. The Labute approximate surface area is 147 Å². The number of anilines is 2. The standard InChI is InChI=1S/C18H13FN6O/c1-11(26)13-4-2-5-15(21-13)17-23-18(16-6-3-9-25(16)24-17)22-14-7-8-20-10-12(14)19/h2-10H,1H3,(H,20,22,23,24). The normalized spacial score (nSPS) is 10.8. The van der Waals surface area contributed by atoms with E-state index < -0.39 is 5.82 Å². The summed E-state index contributed by atoms with van der Waals surface area (Å²) in [6.45, 7) is 1.45. The Morgan fingerprint density at radius 2 is 2.04 bits per heavy atom. The van der Waals surface area contributed by atoms with Crippen LogP contribution in [0.1, 0.15) is 17.4 Å². The lowest BCUT2D eigenvalue weighted by molar-refractivity contribution is 0.101. The summed E-state index contributed by atoms with van der Waals surface area (Å²) in [4.78, 5) is 24.1. The second kappa shape index (κ2) is 6.32. The molecule has 4 rings (SSSR count). The first-order valence-corrected chi connectivity index (χ1v) is 7.82. The van der Waals surface area contributed by atoms with E-state index in [1.165, 1.54) is 19.2 Å². The first kappa shape index (κ1) is 15.8. The molecule has 4 heterocycles. The van der Waals surface area contributed by atoms with Crippen molar-refractivity contribution in [2.75, 3.05) is 5.32 Å². The van der Waals surface area contributed by atoms with Gasteiger partial charge in [-0.2, -0.15) is 0 Å². The van der Waals surface area contributed by atoms with Gasteiger partial charge in [-0.1, -0.05) is 6.07 Å². The third-order valence-corrected chi connectivity index (χ3v) is 3.76. The van der Waals surface area contributed by atoms with Crippen LogP contribution < -0.4 is 5.32 Å². The molecule has 128 valence electrons. The summed E-state index contributed by atoms with van der Waals surface area (Å²) >= 11 is 0. The second-order valence-electron chi connectivity index (χ2n) is 5.57. The summed E-state index contributed by atoms with van der Waals surface area (Å²) in [6.07, 6.45) is 4.36. The van der Waals surface area contributed by atoms with Gasteiger partial charge in [-0.3, -0.25) is 9.78 Å². The molecule has 0 fully saturated rings. The average Bonchev–Trinajstić information content (AvgIpc) is 3.12. The smallest absolute Gasteiger partial charge is 0.200 e. The fourth-order valence-corrected chi connectivity index (χ4v) is 2.49. The first-order chi connectivity index (χ1) is 12.6. The van der Waals surface area contributed by atoms with E-state index in [-0.39, 0.29) is 11.5 Å². The van der Waals surface area contributed by atoms with Crippen molar-refractivity contribution in [1.29, 1.82) is 0 Å². The van der Waals surface area contributed by atoms with Crippen LogP contribution in [0.5, 0.6) is 0 Å². The Kier molecular flexibility index (Phi) is 3.85. The number of halogens is 1. The molecular formula is C18H13FN6O. The van der Waals surface area contributed by atoms with Gasteiger partial charge in [0.25, 0.3) is 0 Å². The van der Waals surface area contributed by atoms with Gasteiger partial charge >= 0.3 is 0 Å². The van der Waals surface area contributed by atoms with Gasteiger partial charge in [-0.05, 0) is 30.3 Å². The number of carbonyl (C=O) groups excluding carboxylic acids is 1. The van der Waals surface area contributed by atoms with E-state index in [9.17, 15) is 9.18 Å².